The molecular weight excluding hydrogens is 437 g/mol. The Balaban J connectivity index is 1.73. The van der Waals surface area contributed by atoms with Crippen LogP contribution in [0.2, 0.25) is 0 Å². The fourth-order valence-electron chi connectivity index (χ4n) is 3.96. The van der Waals surface area contributed by atoms with Crippen molar-refractivity contribution in [3.8, 4) is 17.0 Å². The molecule has 7 nitrogen and oxygen atoms in total. The fourth-order valence-corrected chi connectivity index (χ4v) is 3.96. The Morgan fingerprint density at radius 3 is 2.66 bits per heavy atom. The third kappa shape index (κ3) is 4.60. The number of aromatic nitrogens is 3. The highest BCUT2D eigenvalue weighted by molar-refractivity contribution is 5.80. The predicted octanol–water partition coefficient (Wildman–Crippen LogP) is 3.49. The Kier molecular flexibility index (Phi) is 5.91. The first-order valence-corrected chi connectivity index (χ1v) is 9.75. The second-order valence-electron chi connectivity index (χ2n) is 7.67. The number of nitrogens with zero attached hydrogens (tertiary/aromatic N) is 4. The second-order valence-corrected chi connectivity index (χ2v) is 7.67. The molecule has 0 unspecified atom stereocenters. The molecule has 1 saturated heterocycles. The van der Waals surface area contributed by atoms with Gasteiger partial charge in [-0.25, -0.2) is 0 Å². The molecule has 0 spiro atoms. The van der Waals surface area contributed by atoms with Crippen LogP contribution in [0.1, 0.15) is 12.0 Å². The van der Waals surface area contributed by atoms with Gasteiger partial charge in [0.05, 0.1) is 17.2 Å². The molecule has 12 heteroatoms. The Hall–Kier alpha value is -2.99. The van der Waals surface area contributed by atoms with Crippen molar-refractivity contribution in [2.75, 3.05) is 25.5 Å². The molecule has 32 heavy (non-hydrogen) atoms. The molecule has 2 aromatic heterocycles. The Morgan fingerprint density at radius 1 is 1.19 bits per heavy atom. The van der Waals surface area contributed by atoms with Crippen LogP contribution < -0.4 is 10.1 Å². The third-order valence-electron chi connectivity index (χ3n) is 5.19. The SMILES string of the molecule is CN1C[C@H](O)C[C@@H](Nc2nnc(-c3ccc(OC(F)F)cc3C(F)(F)F)c3cccn23)C1. The highest BCUT2D eigenvalue weighted by Gasteiger charge is 2.35. The van der Waals surface area contributed by atoms with Crippen LogP contribution in [-0.4, -0.2) is 63.5 Å². The van der Waals surface area contributed by atoms with E-state index in [1.807, 2.05) is 11.9 Å². The van der Waals surface area contributed by atoms with Gasteiger partial charge in [0.1, 0.15) is 11.4 Å². The summed E-state index contributed by atoms with van der Waals surface area (Å²) in [6, 6.07) is 5.68. The number of anilines is 1. The topological polar surface area (TPSA) is 74.9 Å². The zero-order valence-corrected chi connectivity index (χ0v) is 16.9. The molecule has 2 N–H and O–H groups in total. The van der Waals surface area contributed by atoms with Crippen molar-refractivity contribution in [1.29, 1.82) is 0 Å². The van der Waals surface area contributed by atoms with E-state index in [0.717, 1.165) is 12.1 Å². The molecule has 1 aliphatic heterocycles. The molecule has 1 aromatic carbocycles. The molecule has 1 aliphatic rings. The first-order chi connectivity index (χ1) is 15.1. The van der Waals surface area contributed by atoms with Crippen molar-refractivity contribution in [2.45, 2.75) is 31.4 Å². The molecule has 0 radical (unpaired) electrons. The number of β-amino-alcohol motifs (C(OH)–C–C–N with tert-alkyl or cyclic N) is 1. The van der Waals surface area contributed by atoms with Gasteiger partial charge in [0, 0.05) is 30.9 Å². The lowest BCUT2D eigenvalue weighted by Crippen LogP contribution is -2.47. The molecule has 3 aromatic rings. The van der Waals surface area contributed by atoms with Gasteiger partial charge in [0.2, 0.25) is 5.95 Å². The predicted molar refractivity (Wildman–Crippen MR) is 106 cm³/mol. The molecule has 1 fully saturated rings. The summed E-state index contributed by atoms with van der Waals surface area (Å²) in [6.45, 7) is -2.05. The smallest absolute Gasteiger partial charge is 0.417 e. The molecule has 0 aliphatic carbocycles. The van der Waals surface area contributed by atoms with Gasteiger partial charge in [-0.1, -0.05) is 0 Å². The number of alkyl halides is 5. The van der Waals surface area contributed by atoms with Crippen molar-refractivity contribution in [3.05, 3.63) is 42.1 Å². The summed E-state index contributed by atoms with van der Waals surface area (Å²) in [6.07, 6.45) is -3.23. The van der Waals surface area contributed by atoms with E-state index in [9.17, 15) is 27.1 Å². The maximum atomic E-state index is 13.7. The Bertz CT molecular complexity index is 1090. The molecule has 0 amide bonds. The third-order valence-corrected chi connectivity index (χ3v) is 5.19. The van der Waals surface area contributed by atoms with Crippen LogP contribution >= 0.6 is 0 Å². The monoisotopic (exact) mass is 457 g/mol. The van der Waals surface area contributed by atoms with E-state index < -0.39 is 30.2 Å². The number of aliphatic hydroxyl groups excluding tert-OH is 1. The van der Waals surface area contributed by atoms with Crippen molar-refractivity contribution in [2.24, 2.45) is 0 Å². The van der Waals surface area contributed by atoms with E-state index in [4.69, 9.17) is 0 Å². The van der Waals surface area contributed by atoms with E-state index in [1.54, 1.807) is 22.7 Å². The zero-order valence-electron chi connectivity index (χ0n) is 16.9. The van der Waals surface area contributed by atoms with Gasteiger partial charge in [-0.3, -0.25) is 4.40 Å². The number of ether oxygens (including phenoxy) is 1. The lowest BCUT2D eigenvalue weighted by Gasteiger charge is -2.33. The molecular formula is C20H20F5N5O2. The largest absolute Gasteiger partial charge is 0.435 e. The normalized spacial score (nSPS) is 20.1. The number of hydrogen-bond acceptors (Lipinski definition) is 6. The van der Waals surface area contributed by atoms with Gasteiger partial charge in [0.15, 0.2) is 0 Å². The molecule has 0 bridgehead atoms. The Labute approximate surface area is 179 Å². The zero-order chi connectivity index (χ0) is 23.0. The van der Waals surface area contributed by atoms with Crippen LogP contribution in [-0.2, 0) is 6.18 Å². The van der Waals surface area contributed by atoms with Gasteiger partial charge in [-0.15, -0.1) is 10.2 Å². The minimum Gasteiger partial charge on any atom is -0.435 e. The van der Waals surface area contributed by atoms with Crippen LogP contribution in [0.25, 0.3) is 16.8 Å². The first kappa shape index (κ1) is 22.2. The van der Waals surface area contributed by atoms with E-state index in [0.29, 0.717) is 37.0 Å². The molecule has 172 valence electrons. The van der Waals surface area contributed by atoms with Gasteiger partial charge in [-0.2, -0.15) is 22.0 Å². The lowest BCUT2D eigenvalue weighted by atomic mass is 10.0. The number of benzene rings is 1. The number of rotatable bonds is 5. The Morgan fingerprint density at radius 2 is 1.97 bits per heavy atom. The van der Waals surface area contributed by atoms with Crippen LogP contribution in [0.4, 0.5) is 27.9 Å². The highest BCUT2D eigenvalue weighted by Crippen LogP contribution is 2.40. The van der Waals surface area contributed by atoms with Crippen LogP contribution in [0.5, 0.6) is 5.75 Å². The minimum atomic E-state index is -4.83. The summed E-state index contributed by atoms with van der Waals surface area (Å²) in [5, 5.41) is 21.3. The van der Waals surface area contributed by atoms with Gasteiger partial charge >= 0.3 is 12.8 Å². The quantitative estimate of drug-likeness (QED) is 0.572. The number of piperidine rings is 1. The summed E-state index contributed by atoms with van der Waals surface area (Å²) in [5.74, 6) is -0.291. The number of likely N-dealkylation sites (tertiary alicyclic amines) is 1. The van der Waals surface area contributed by atoms with Gasteiger partial charge in [-0.05, 0) is 43.8 Å². The number of likely N-dealkylation sites (N-methyl/N-ethyl adjacent to an activating group) is 1. The summed E-state index contributed by atoms with van der Waals surface area (Å²) in [5.41, 5.74) is -1.18. The molecule has 0 saturated carbocycles. The van der Waals surface area contributed by atoms with Crippen LogP contribution in [0.15, 0.2) is 36.5 Å². The average molecular weight is 457 g/mol. The number of nitrogens with one attached hydrogen (secondary N) is 1. The summed E-state index contributed by atoms with van der Waals surface area (Å²) >= 11 is 0. The minimum absolute atomic E-state index is 0.0581. The van der Waals surface area contributed by atoms with E-state index >= 15 is 0 Å². The van der Waals surface area contributed by atoms with Crippen molar-refractivity contribution in [1.82, 2.24) is 19.5 Å². The molecule has 3 heterocycles. The fraction of sp³-hybridized carbons (Fsp3) is 0.400. The van der Waals surface area contributed by atoms with Crippen molar-refractivity contribution in [3.63, 3.8) is 0 Å². The summed E-state index contributed by atoms with van der Waals surface area (Å²) in [7, 11) is 1.87. The van der Waals surface area contributed by atoms with Gasteiger partial charge in [0.25, 0.3) is 0 Å². The maximum Gasteiger partial charge on any atom is 0.417 e. The lowest BCUT2D eigenvalue weighted by molar-refractivity contribution is -0.137. The molecule has 4 rings (SSSR count). The van der Waals surface area contributed by atoms with Crippen molar-refractivity contribution < 1.29 is 31.8 Å². The average Bonchev–Trinajstić information content (AvgIpc) is 3.17. The molecule has 2 atom stereocenters. The van der Waals surface area contributed by atoms with Crippen LogP contribution in [0, 0.1) is 0 Å². The second kappa shape index (κ2) is 8.51. The van der Waals surface area contributed by atoms with E-state index in [2.05, 4.69) is 20.3 Å². The number of halogens is 5. The van der Waals surface area contributed by atoms with E-state index in [-0.39, 0.29) is 17.3 Å². The number of hydrogen-bond donors (Lipinski definition) is 2. The van der Waals surface area contributed by atoms with Crippen molar-refractivity contribution >= 4 is 11.5 Å². The number of fused-ring (bicyclic) bond motifs is 1. The first-order valence-electron chi connectivity index (χ1n) is 9.75. The number of aliphatic hydroxyl groups is 1. The van der Waals surface area contributed by atoms with Gasteiger partial charge < -0.3 is 20.1 Å². The maximum absolute atomic E-state index is 13.7. The standard InChI is InChI=1S/C20H20F5N5O2/c1-29-9-11(7-12(31)10-29)26-19-28-27-17(16-3-2-6-30(16)19)14-5-4-13(32-18(21)22)8-15(14)20(23,24)25/h2-6,8,11-12,18,31H,7,9-10H2,1H3,(H,26,28)/t11-,12-/m1/s1. The summed E-state index contributed by atoms with van der Waals surface area (Å²) in [4.78, 5) is 1.96. The van der Waals surface area contributed by atoms with E-state index in [1.165, 1.54) is 0 Å². The highest BCUT2D eigenvalue weighted by atomic mass is 19.4. The summed E-state index contributed by atoms with van der Waals surface area (Å²) < 4.78 is 71.7. The van der Waals surface area contributed by atoms with Crippen LogP contribution in [0.3, 0.4) is 0 Å².